The van der Waals surface area contributed by atoms with Crippen LogP contribution in [0.5, 0.6) is 0 Å². The van der Waals surface area contributed by atoms with Crippen LogP contribution in [-0.2, 0) is 16.4 Å². The Bertz CT molecular complexity index is 994. The first-order valence-electron chi connectivity index (χ1n) is 7.72. The zero-order valence-electron chi connectivity index (χ0n) is 14.3. The summed E-state index contributed by atoms with van der Waals surface area (Å²) in [5, 5.41) is 7.46. The largest absolute Gasteiger partial charge is 0.365 e. The van der Waals surface area contributed by atoms with E-state index in [-0.39, 0.29) is 4.90 Å². The lowest BCUT2D eigenvalue weighted by Crippen LogP contribution is -2.08. The van der Waals surface area contributed by atoms with E-state index < -0.39 is 9.84 Å². The number of pyridine rings is 2. The molecule has 0 spiro atoms. The zero-order valence-corrected chi connectivity index (χ0v) is 15.1. The summed E-state index contributed by atoms with van der Waals surface area (Å²) in [6, 6.07) is 8.94. The number of aryl methyl sites for hydroxylation is 2. The molecule has 25 heavy (non-hydrogen) atoms. The van der Waals surface area contributed by atoms with E-state index >= 15 is 0 Å². The molecular formula is C17H19N5O2S. The highest BCUT2D eigenvalue weighted by Gasteiger charge is 2.13. The Hall–Kier alpha value is -2.74. The molecule has 0 bridgehead atoms. The monoisotopic (exact) mass is 357 g/mol. The fourth-order valence-corrected chi connectivity index (χ4v) is 3.32. The molecule has 0 aliphatic heterocycles. The van der Waals surface area contributed by atoms with Crippen LogP contribution in [0, 0.1) is 13.8 Å². The van der Waals surface area contributed by atoms with Gasteiger partial charge in [0, 0.05) is 30.9 Å². The summed E-state index contributed by atoms with van der Waals surface area (Å²) in [5.41, 5.74) is 2.87. The van der Waals surface area contributed by atoms with E-state index in [0.717, 1.165) is 22.8 Å². The van der Waals surface area contributed by atoms with Crippen LogP contribution in [0.15, 0.2) is 47.6 Å². The average molecular weight is 357 g/mol. The Morgan fingerprint density at radius 1 is 1.16 bits per heavy atom. The number of aromatic nitrogens is 4. The van der Waals surface area contributed by atoms with Crippen molar-refractivity contribution in [3.8, 4) is 5.82 Å². The van der Waals surface area contributed by atoms with Crippen molar-refractivity contribution in [2.45, 2.75) is 25.3 Å². The van der Waals surface area contributed by atoms with Crippen molar-refractivity contribution in [3.05, 3.63) is 59.7 Å². The van der Waals surface area contributed by atoms with Crippen LogP contribution < -0.4 is 5.32 Å². The van der Waals surface area contributed by atoms with Gasteiger partial charge >= 0.3 is 0 Å². The third-order valence-electron chi connectivity index (χ3n) is 3.67. The first kappa shape index (κ1) is 17.1. The summed E-state index contributed by atoms with van der Waals surface area (Å²) in [4.78, 5) is 8.73. The molecule has 1 N–H and O–H groups in total. The molecule has 0 fully saturated rings. The molecule has 0 atom stereocenters. The minimum atomic E-state index is -3.34. The SMILES string of the molecule is Cc1cc(C)n(-c2ccc(CNc3ncccc3S(C)(=O)=O)cn2)n1. The van der Waals surface area contributed by atoms with Gasteiger partial charge in [-0.1, -0.05) is 6.07 Å². The summed E-state index contributed by atoms with van der Waals surface area (Å²) in [6.45, 7) is 4.34. The maximum atomic E-state index is 11.8. The van der Waals surface area contributed by atoms with E-state index in [2.05, 4.69) is 20.4 Å². The Kier molecular flexibility index (Phi) is 4.54. The third kappa shape index (κ3) is 3.85. The number of anilines is 1. The molecule has 0 amide bonds. The van der Waals surface area contributed by atoms with Crippen molar-refractivity contribution in [3.63, 3.8) is 0 Å². The van der Waals surface area contributed by atoms with Crippen molar-refractivity contribution >= 4 is 15.7 Å². The normalized spacial score (nSPS) is 11.5. The topological polar surface area (TPSA) is 89.8 Å². The van der Waals surface area contributed by atoms with Crippen LogP contribution in [0.3, 0.4) is 0 Å². The van der Waals surface area contributed by atoms with Gasteiger partial charge in [0.05, 0.1) is 5.69 Å². The van der Waals surface area contributed by atoms with Crippen LogP contribution in [0.4, 0.5) is 5.82 Å². The second-order valence-electron chi connectivity index (χ2n) is 5.84. The highest BCUT2D eigenvalue weighted by Crippen LogP contribution is 2.18. The molecule has 7 nitrogen and oxygen atoms in total. The van der Waals surface area contributed by atoms with E-state index in [4.69, 9.17) is 0 Å². The van der Waals surface area contributed by atoms with Crippen molar-refractivity contribution in [1.82, 2.24) is 19.7 Å². The van der Waals surface area contributed by atoms with Gasteiger partial charge in [0.15, 0.2) is 15.7 Å². The van der Waals surface area contributed by atoms with Gasteiger partial charge in [0.25, 0.3) is 0 Å². The van der Waals surface area contributed by atoms with Crippen LogP contribution in [-0.4, -0.2) is 34.4 Å². The number of nitrogens with one attached hydrogen (secondary N) is 1. The van der Waals surface area contributed by atoms with E-state index in [1.807, 2.05) is 32.0 Å². The summed E-state index contributed by atoms with van der Waals surface area (Å²) in [5.74, 6) is 1.08. The van der Waals surface area contributed by atoms with Crippen molar-refractivity contribution in [2.75, 3.05) is 11.6 Å². The molecule has 3 heterocycles. The van der Waals surface area contributed by atoms with Crippen molar-refractivity contribution < 1.29 is 8.42 Å². The predicted molar refractivity (Wildman–Crippen MR) is 95.5 cm³/mol. The lowest BCUT2D eigenvalue weighted by Gasteiger charge is -2.10. The molecule has 3 aromatic rings. The van der Waals surface area contributed by atoms with Gasteiger partial charge in [-0.3, -0.25) is 0 Å². The Labute approximate surface area is 146 Å². The van der Waals surface area contributed by atoms with E-state index in [0.29, 0.717) is 12.4 Å². The molecule has 0 unspecified atom stereocenters. The molecule has 0 saturated heterocycles. The average Bonchev–Trinajstić information content (AvgIpc) is 2.91. The number of nitrogens with zero attached hydrogens (tertiary/aromatic N) is 4. The second kappa shape index (κ2) is 6.64. The van der Waals surface area contributed by atoms with Gasteiger partial charge in [-0.25, -0.2) is 23.1 Å². The fourth-order valence-electron chi connectivity index (χ4n) is 2.52. The highest BCUT2D eigenvalue weighted by atomic mass is 32.2. The van der Waals surface area contributed by atoms with Crippen LogP contribution in [0.2, 0.25) is 0 Å². The molecule has 0 aliphatic rings. The molecule has 130 valence electrons. The first-order chi connectivity index (χ1) is 11.8. The molecule has 0 aromatic carbocycles. The maximum Gasteiger partial charge on any atom is 0.179 e. The lowest BCUT2D eigenvalue weighted by atomic mass is 10.3. The van der Waals surface area contributed by atoms with Gasteiger partial charge in [-0.05, 0) is 43.7 Å². The van der Waals surface area contributed by atoms with Gasteiger partial charge in [-0.2, -0.15) is 5.10 Å². The Morgan fingerprint density at radius 3 is 2.56 bits per heavy atom. The highest BCUT2D eigenvalue weighted by molar-refractivity contribution is 7.90. The maximum absolute atomic E-state index is 11.8. The standard InChI is InChI=1S/C17H19N5O2S/c1-12-9-13(2)22(21-12)16-7-6-14(10-19-16)11-20-17-15(25(3,23)24)5-4-8-18-17/h4-10H,11H2,1-3H3,(H,18,20). The summed E-state index contributed by atoms with van der Waals surface area (Å²) < 4.78 is 25.4. The molecule has 0 aliphatic carbocycles. The summed E-state index contributed by atoms with van der Waals surface area (Å²) in [7, 11) is -3.34. The van der Waals surface area contributed by atoms with Gasteiger partial charge in [0.2, 0.25) is 0 Å². The van der Waals surface area contributed by atoms with E-state index in [9.17, 15) is 8.42 Å². The smallest absolute Gasteiger partial charge is 0.179 e. The quantitative estimate of drug-likeness (QED) is 0.753. The number of rotatable bonds is 5. The van der Waals surface area contributed by atoms with Gasteiger partial charge in [0.1, 0.15) is 10.7 Å². The molecule has 3 aromatic heterocycles. The molecule has 3 rings (SSSR count). The number of hydrogen-bond acceptors (Lipinski definition) is 6. The van der Waals surface area contributed by atoms with Crippen LogP contribution in [0.1, 0.15) is 17.0 Å². The lowest BCUT2D eigenvalue weighted by molar-refractivity contribution is 0.601. The number of hydrogen-bond donors (Lipinski definition) is 1. The molecular weight excluding hydrogens is 338 g/mol. The molecule has 8 heteroatoms. The fraction of sp³-hybridized carbons (Fsp3) is 0.235. The Balaban J connectivity index is 1.76. The first-order valence-corrected chi connectivity index (χ1v) is 9.61. The Morgan fingerprint density at radius 2 is 1.96 bits per heavy atom. The van der Waals surface area contributed by atoms with Crippen LogP contribution in [0.25, 0.3) is 5.82 Å². The van der Waals surface area contributed by atoms with Crippen molar-refractivity contribution in [2.24, 2.45) is 0 Å². The van der Waals surface area contributed by atoms with Gasteiger partial charge in [-0.15, -0.1) is 0 Å². The van der Waals surface area contributed by atoms with Crippen LogP contribution >= 0.6 is 0 Å². The van der Waals surface area contributed by atoms with E-state index in [1.54, 1.807) is 23.1 Å². The summed E-state index contributed by atoms with van der Waals surface area (Å²) in [6.07, 6.45) is 4.46. The summed E-state index contributed by atoms with van der Waals surface area (Å²) >= 11 is 0. The molecule has 0 saturated carbocycles. The molecule has 0 radical (unpaired) electrons. The van der Waals surface area contributed by atoms with E-state index in [1.165, 1.54) is 12.3 Å². The minimum absolute atomic E-state index is 0.183. The van der Waals surface area contributed by atoms with Gasteiger partial charge < -0.3 is 5.32 Å². The third-order valence-corrected chi connectivity index (χ3v) is 4.79. The van der Waals surface area contributed by atoms with Crippen molar-refractivity contribution in [1.29, 1.82) is 0 Å². The minimum Gasteiger partial charge on any atom is -0.365 e. The number of sulfone groups is 1. The second-order valence-corrected chi connectivity index (χ2v) is 7.82. The predicted octanol–water partition coefficient (Wildman–Crippen LogP) is 2.29. The zero-order chi connectivity index (χ0) is 18.0.